The molecule has 0 saturated heterocycles. The molecule has 0 aliphatic carbocycles. The number of nitrogens with one attached hydrogen (secondary N) is 1. The molecule has 116 valence electrons. The van der Waals surface area contributed by atoms with Crippen LogP contribution in [0.1, 0.15) is 32.8 Å². The Bertz CT molecular complexity index is 468. The lowest BCUT2D eigenvalue weighted by molar-refractivity contribution is 0.495. The van der Waals surface area contributed by atoms with E-state index in [4.69, 9.17) is 0 Å². The minimum Gasteiger partial charge on any atom is -0.242 e. The molecule has 0 radical (unpaired) electrons. The Kier molecular flexibility index (Phi) is 7.06. The first kappa shape index (κ1) is 17.9. The quantitative estimate of drug-likeness (QED) is 0.722. The summed E-state index contributed by atoms with van der Waals surface area (Å²) >= 11 is 0. The van der Waals surface area contributed by atoms with Crippen molar-refractivity contribution in [2.24, 2.45) is 5.92 Å². The molecule has 0 bridgehead atoms. The molecule has 0 spiro atoms. The van der Waals surface area contributed by atoms with Crippen molar-refractivity contribution in [3.05, 3.63) is 61.2 Å². The Hall–Kier alpha value is -1.19. The number of hydrogen-bond donors (Lipinski definition) is 1. The summed E-state index contributed by atoms with van der Waals surface area (Å²) in [5.74, 6) is 0.111. The van der Waals surface area contributed by atoms with Gasteiger partial charge in [-0.25, -0.2) is 8.93 Å². The maximum Gasteiger partial charge on any atom is 0.0973 e. The van der Waals surface area contributed by atoms with Gasteiger partial charge in [0.05, 0.1) is 15.7 Å². The molecule has 2 atom stereocenters. The van der Waals surface area contributed by atoms with Gasteiger partial charge in [0, 0.05) is 12.0 Å². The van der Waals surface area contributed by atoms with E-state index < -0.39 is 11.0 Å². The van der Waals surface area contributed by atoms with Crippen molar-refractivity contribution in [2.75, 3.05) is 0 Å². The fourth-order valence-electron chi connectivity index (χ4n) is 2.04. The molecule has 1 aromatic rings. The Labute approximate surface area is 131 Å². The van der Waals surface area contributed by atoms with Crippen molar-refractivity contribution in [3.63, 3.8) is 0 Å². The topological polar surface area (TPSA) is 29.1 Å². The van der Waals surface area contributed by atoms with E-state index >= 15 is 0 Å². The van der Waals surface area contributed by atoms with Gasteiger partial charge in [-0.15, -0.1) is 13.2 Å². The monoisotopic (exact) mass is 305 g/mol. The van der Waals surface area contributed by atoms with Gasteiger partial charge in [-0.3, -0.25) is 0 Å². The van der Waals surface area contributed by atoms with E-state index in [1.165, 1.54) is 5.56 Å². The van der Waals surface area contributed by atoms with E-state index in [1.807, 2.05) is 51.1 Å². The van der Waals surface area contributed by atoms with Crippen molar-refractivity contribution in [1.29, 1.82) is 0 Å². The standard InChI is InChI=1S/C18H27NOS/c1-6-16(7-2)17(19-21(20)18(3,4)5)14-13-15-11-9-8-10-12-15/h6-12,16-17,19H,1-2,13-14H2,3-5H3/t17-,21?/m0/s1. The van der Waals surface area contributed by atoms with Crippen molar-refractivity contribution in [1.82, 2.24) is 4.72 Å². The average Bonchev–Trinajstić information content (AvgIpc) is 2.45. The van der Waals surface area contributed by atoms with Crippen LogP contribution in [0, 0.1) is 5.92 Å². The molecule has 1 unspecified atom stereocenters. The van der Waals surface area contributed by atoms with E-state index in [0.717, 1.165) is 12.8 Å². The third-order valence-electron chi connectivity index (χ3n) is 3.41. The van der Waals surface area contributed by atoms with Crippen LogP contribution in [0.25, 0.3) is 0 Å². The largest absolute Gasteiger partial charge is 0.242 e. The molecule has 0 fully saturated rings. The van der Waals surface area contributed by atoms with Crippen LogP contribution < -0.4 is 4.72 Å². The highest BCUT2D eigenvalue weighted by Crippen LogP contribution is 2.17. The van der Waals surface area contributed by atoms with Crippen LogP contribution in [-0.4, -0.2) is 15.0 Å². The third-order valence-corrected chi connectivity index (χ3v) is 5.04. The summed E-state index contributed by atoms with van der Waals surface area (Å²) in [6.45, 7) is 13.7. The Morgan fingerprint density at radius 2 is 1.76 bits per heavy atom. The molecule has 3 heteroatoms. The summed E-state index contributed by atoms with van der Waals surface area (Å²) < 4.78 is 15.3. The van der Waals surface area contributed by atoms with Gasteiger partial charge in [0.1, 0.15) is 0 Å². The number of hydrogen-bond acceptors (Lipinski definition) is 1. The molecule has 1 aromatic carbocycles. The molecular weight excluding hydrogens is 278 g/mol. The second-order valence-corrected chi connectivity index (χ2v) is 8.18. The summed E-state index contributed by atoms with van der Waals surface area (Å²) in [5, 5.41) is 0. The van der Waals surface area contributed by atoms with Gasteiger partial charge in [0.25, 0.3) is 0 Å². The summed E-state index contributed by atoms with van der Waals surface area (Å²) in [6, 6.07) is 10.4. The molecule has 0 amide bonds. The summed E-state index contributed by atoms with van der Waals surface area (Å²) in [4.78, 5) is 0. The highest BCUT2D eigenvalue weighted by Gasteiger charge is 2.25. The highest BCUT2D eigenvalue weighted by molar-refractivity contribution is 7.84. The molecule has 0 saturated carbocycles. The maximum absolute atomic E-state index is 12.4. The number of rotatable bonds is 8. The van der Waals surface area contributed by atoms with Crippen LogP contribution in [0.15, 0.2) is 55.6 Å². The Morgan fingerprint density at radius 3 is 2.24 bits per heavy atom. The van der Waals surface area contributed by atoms with E-state index in [1.54, 1.807) is 0 Å². The zero-order valence-electron chi connectivity index (χ0n) is 13.3. The minimum absolute atomic E-state index is 0.0836. The first-order chi connectivity index (χ1) is 9.88. The highest BCUT2D eigenvalue weighted by atomic mass is 32.2. The van der Waals surface area contributed by atoms with Crippen LogP contribution in [0.3, 0.4) is 0 Å². The van der Waals surface area contributed by atoms with Crippen molar-refractivity contribution in [3.8, 4) is 0 Å². The summed E-state index contributed by atoms with van der Waals surface area (Å²) in [7, 11) is -1.09. The lowest BCUT2D eigenvalue weighted by Crippen LogP contribution is -2.43. The SMILES string of the molecule is C=CC(C=C)[C@H](CCc1ccccc1)NS(=O)C(C)(C)C. The van der Waals surface area contributed by atoms with E-state index in [0.29, 0.717) is 0 Å². The zero-order chi connectivity index (χ0) is 15.9. The molecule has 2 nitrogen and oxygen atoms in total. The summed E-state index contributed by atoms with van der Waals surface area (Å²) in [6.07, 6.45) is 5.58. The molecule has 21 heavy (non-hydrogen) atoms. The molecule has 0 aromatic heterocycles. The Balaban J connectivity index is 2.75. The second kappa shape index (κ2) is 8.30. The molecule has 0 aliphatic rings. The first-order valence-corrected chi connectivity index (χ1v) is 8.50. The van der Waals surface area contributed by atoms with Crippen LogP contribution in [0.4, 0.5) is 0 Å². The third kappa shape index (κ3) is 5.98. The van der Waals surface area contributed by atoms with E-state index in [9.17, 15) is 4.21 Å². The number of benzene rings is 1. The predicted octanol–water partition coefficient (Wildman–Crippen LogP) is 4.03. The fourth-order valence-corrected chi connectivity index (χ4v) is 2.94. The lowest BCUT2D eigenvalue weighted by Gasteiger charge is -2.27. The Morgan fingerprint density at radius 1 is 1.19 bits per heavy atom. The van der Waals surface area contributed by atoms with E-state index in [-0.39, 0.29) is 16.7 Å². The second-order valence-electron chi connectivity index (χ2n) is 6.18. The zero-order valence-corrected chi connectivity index (χ0v) is 14.2. The van der Waals surface area contributed by atoms with Gasteiger partial charge >= 0.3 is 0 Å². The number of aryl methyl sites for hydroxylation is 1. The molecule has 1 N–H and O–H groups in total. The lowest BCUT2D eigenvalue weighted by atomic mass is 9.95. The van der Waals surface area contributed by atoms with Crippen molar-refractivity contribution in [2.45, 2.75) is 44.4 Å². The fraction of sp³-hybridized carbons (Fsp3) is 0.444. The van der Waals surface area contributed by atoms with Gasteiger partial charge in [-0.1, -0.05) is 42.5 Å². The smallest absolute Gasteiger partial charge is 0.0973 e. The van der Waals surface area contributed by atoms with Crippen LogP contribution in [-0.2, 0) is 17.4 Å². The molecule has 0 aliphatic heterocycles. The van der Waals surface area contributed by atoms with Gasteiger partial charge in [-0.2, -0.15) is 0 Å². The van der Waals surface area contributed by atoms with Gasteiger partial charge < -0.3 is 0 Å². The van der Waals surface area contributed by atoms with Gasteiger partial charge in [0.2, 0.25) is 0 Å². The van der Waals surface area contributed by atoms with Crippen LogP contribution in [0.5, 0.6) is 0 Å². The van der Waals surface area contributed by atoms with Gasteiger partial charge in [0.15, 0.2) is 0 Å². The molecule has 1 rings (SSSR count). The first-order valence-electron chi connectivity index (χ1n) is 7.35. The minimum atomic E-state index is -1.09. The van der Waals surface area contributed by atoms with Crippen LogP contribution in [0.2, 0.25) is 0 Å². The predicted molar refractivity (Wildman–Crippen MR) is 93.5 cm³/mol. The van der Waals surface area contributed by atoms with Gasteiger partial charge in [-0.05, 0) is 39.2 Å². The van der Waals surface area contributed by atoms with Crippen LogP contribution >= 0.6 is 0 Å². The normalized spacial score (nSPS) is 14.7. The molecular formula is C18H27NOS. The van der Waals surface area contributed by atoms with E-state index in [2.05, 4.69) is 30.0 Å². The van der Waals surface area contributed by atoms with Crippen molar-refractivity contribution < 1.29 is 4.21 Å². The average molecular weight is 305 g/mol. The maximum atomic E-state index is 12.4. The van der Waals surface area contributed by atoms with Crippen molar-refractivity contribution >= 4 is 11.0 Å². The molecule has 0 heterocycles. The summed E-state index contributed by atoms with van der Waals surface area (Å²) in [5.41, 5.74) is 1.29.